The summed E-state index contributed by atoms with van der Waals surface area (Å²) in [5.74, 6) is -0.0959. The number of ether oxygens (including phenoxy) is 1. The summed E-state index contributed by atoms with van der Waals surface area (Å²) in [5, 5.41) is 23.1. The second-order valence-corrected chi connectivity index (χ2v) is 19.3. The van der Waals surface area contributed by atoms with Crippen molar-refractivity contribution >= 4 is 11.9 Å². The third kappa shape index (κ3) is 49.6. The fourth-order valence-corrected chi connectivity index (χ4v) is 8.63. The fraction of sp³-hybridized carbons (Fsp3) is 0.895. The summed E-state index contributed by atoms with van der Waals surface area (Å²) in [6, 6.07) is -0.640. The zero-order valence-corrected chi connectivity index (χ0v) is 42.3. The fourth-order valence-electron chi connectivity index (χ4n) is 8.63. The van der Waals surface area contributed by atoms with E-state index in [4.69, 9.17) is 4.74 Å². The molecule has 0 bridgehead atoms. The summed E-state index contributed by atoms with van der Waals surface area (Å²) >= 11 is 0. The minimum atomic E-state index is -0.855. The SMILES string of the molecule is CCCCCCCC/C=C\CCCCCCCCCC(=O)OCCCCCCCCCCCCCCC(=O)NC(CO)C(O)/C=C/CCCCCCCCCCCCCCCCC. The molecule has 0 saturated carbocycles. The van der Waals surface area contributed by atoms with E-state index in [0.29, 0.717) is 19.4 Å². The summed E-state index contributed by atoms with van der Waals surface area (Å²) in [5.41, 5.74) is 0. The summed E-state index contributed by atoms with van der Waals surface area (Å²) in [6.07, 6.45) is 63.3. The monoisotopic (exact) mass is 888 g/mol. The van der Waals surface area contributed by atoms with E-state index in [0.717, 1.165) is 57.8 Å². The van der Waals surface area contributed by atoms with Crippen LogP contribution in [0.2, 0.25) is 0 Å². The van der Waals surface area contributed by atoms with E-state index < -0.39 is 12.1 Å². The number of rotatable bonds is 52. The normalized spacial score (nSPS) is 12.8. The summed E-state index contributed by atoms with van der Waals surface area (Å²) in [6.45, 7) is 4.88. The average Bonchev–Trinajstić information content (AvgIpc) is 3.28. The number of aliphatic hydroxyl groups is 2. The minimum Gasteiger partial charge on any atom is -0.466 e. The van der Waals surface area contributed by atoms with Crippen molar-refractivity contribution in [2.24, 2.45) is 0 Å². The number of hydrogen-bond donors (Lipinski definition) is 3. The van der Waals surface area contributed by atoms with Crippen molar-refractivity contribution in [2.45, 2.75) is 315 Å². The molecule has 0 aromatic carbocycles. The van der Waals surface area contributed by atoms with Gasteiger partial charge in [-0.15, -0.1) is 0 Å². The van der Waals surface area contributed by atoms with E-state index in [9.17, 15) is 19.8 Å². The maximum absolute atomic E-state index is 12.5. The van der Waals surface area contributed by atoms with Gasteiger partial charge in [0.1, 0.15) is 0 Å². The van der Waals surface area contributed by atoms with Crippen LogP contribution in [-0.2, 0) is 14.3 Å². The average molecular weight is 889 g/mol. The minimum absolute atomic E-state index is 0.0139. The number of hydrogen-bond acceptors (Lipinski definition) is 5. The Morgan fingerprint density at radius 1 is 0.429 bits per heavy atom. The molecule has 63 heavy (non-hydrogen) atoms. The van der Waals surface area contributed by atoms with Gasteiger partial charge in [0.25, 0.3) is 0 Å². The molecule has 1 amide bonds. The molecule has 3 N–H and O–H groups in total. The van der Waals surface area contributed by atoms with Gasteiger partial charge in [-0.3, -0.25) is 9.59 Å². The number of carbonyl (C=O) groups excluding carboxylic acids is 2. The first kappa shape index (κ1) is 61.3. The number of amides is 1. The Hall–Kier alpha value is -1.66. The Balaban J connectivity index is 3.48. The van der Waals surface area contributed by atoms with Crippen LogP contribution in [0.5, 0.6) is 0 Å². The maximum atomic E-state index is 12.5. The van der Waals surface area contributed by atoms with Crippen molar-refractivity contribution in [3.63, 3.8) is 0 Å². The van der Waals surface area contributed by atoms with Gasteiger partial charge in [0, 0.05) is 12.8 Å². The molecular weight excluding hydrogens is 779 g/mol. The number of nitrogens with one attached hydrogen (secondary N) is 1. The van der Waals surface area contributed by atoms with Gasteiger partial charge in [0.2, 0.25) is 5.91 Å². The summed E-state index contributed by atoms with van der Waals surface area (Å²) in [7, 11) is 0. The Kier molecular flexibility index (Phi) is 51.6. The lowest BCUT2D eigenvalue weighted by molar-refractivity contribution is -0.143. The van der Waals surface area contributed by atoms with Crippen molar-refractivity contribution in [3.8, 4) is 0 Å². The number of unbranched alkanes of at least 4 members (excludes halogenated alkanes) is 39. The van der Waals surface area contributed by atoms with Crippen LogP contribution in [0.3, 0.4) is 0 Å². The van der Waals surface area contributed by atoms with E-state index in [2.05, 4.69) is 31.3 Å². The predicted octanol–water partition coefficient (Wildman–Crippen LogP) is 17.1. The van der Waals surface area contributed by atoms with Crippen molar-refractivity contribution in [3.05, 3.63) is 24.3 Å². The van der Waals surface area contributed by atoms with Crippen molar-refractivity contribution < 1.29 is 24.5 Å². The quantitative estimate of drug-likeness (QED) is 0.0321. The molecule has 6 heteroatoms. The van der Waals surface area contributed by atoms with Crippen LogP contribution in [-0.4, -0.2) is 47.4 Å². The van der Waals surface area contributed by atoms with Crippen LogP contribution in [0.4, 0.5) is 0 Å². The molecule has 0 aliphatic heterocycles. The van der Waals surface area contributed by atoms with Crippen LogP contribution in [0.25, 0.3) is 0 Å². The van der Waals surface area contributed by atoms with E-state index >= 15 is 0 Å². The topological polar surface area (TPSA) is 95.9 Å². The molecule has 372 valence electrons. The van der Waals surface area contributed by atoms with Crippen LogP contribution < -0.4 is 5.32 Å². The highest BCUT2D eigenvalue weighted by Gasteiger charge is 2.18. The maximum Gasteiger partial charge on any atom is 0.305 e. The smallest absolute Gasteiger partial charge is 0.305 e. The van der Waals surface area contributed by atoms with Crippen LogP contribution in [0.1, 0.15) is 303 Å². The Morgan fingerprint density at radius 2 is 0.746 bits per heavy atom. The standard InChI is InChI=1S/C57H109NO5/c1-3-5-7-9-11-13-15-17-19-21-23-25-29-33-37-41-45-49-55(60)54(53-59)58-56(61)50-46-42-38-34-30-27-28-32-36-40-44-48-52-63-57(62)51-47-43-39-35-31-26-24-22-20-18-16-14-12-10-8-6-4-2/h18,20,45,49,54-55,59-60H,3-17,19,21-44,46-48,50-53H2,1-2H3,(H,58,61)/b20-18-,49-45+. The highest BCUT2D eigenvalue weighted by Crippen LogP contribution is 2.16. The van der Waals surface area contributed by atoms with Gasteiger partial charge in [0.15, 0.2) is 0 Å². The summed E-state index contributed by atoms with van der Waals surface area (Å²) < 4.78 is 5.47. The molecule has 0 spiro atoms. The van der Waals surface area contributed by atoms with Gasteiger partial charge in [-0.25, -0.2) is 0 Å². The zero-order valence-electron chi connectivity index (χ0n) is 42.3. The van der Waals surface area contributed by atoms with E-state index in [-0.39, 0.29) is 18.5 Å². The van der Waals surface area contributed by atoms with E-state index in [1.807, 2.05) is 6.08 Å². The molecule has 2 atom stereocenters. The molecule has 0 fully saturated rings. The number of allylic oxidation sites excluding steroid dienone is 3. The number of esters is 1. The van der Waals surface area contributed by atoms with Gasteiger partial charge in [-0.2, -0.15) is 0 Å². The first-order chi connectivity index (χ1) is 31.0. The van der Waals surface area contributed by atoms with Crippen molar-refractivity contribution in [2.75, 3.05) is 13.2 Å². The van der Waals surface area contributed by atoms with Crippen LogP contribution in [0.15, 0.2) is 24.3 Å². The largest absolute Gasteiger partial charge is 0.466 e. The molecule has 0 rings (SSSR count). The van der Waals surface area contributed by atoms with Crippen LogP contribution in [0, 0.1) is 0 Å². The molecule has 0 aliphatic carbocycles. The first-order valence-electron chi connectivity index (χ1n) is 28.1. The second-order valence-electron chi connectivity index (χ2n) is 19.3. The van der Waals surface area contributed by atoms with Gasteiger partial charge >= 0.3 is 5.97 Å². The molecule has 0 heterocycles. The Labute approximate surface area is 392 Å². The second kappa shape index (κ2) is 53.0. The highest BCUT2D eigenvalue weighted by atomic mass is 16.5. The van der Waals surface area contributed by atoms with E-state index in [1.165, 1.54) is 218 Å². The van der Waals surface area contributed by atoms with Gasteiger partial charge < -0.3 is 20.3 Å². The van der Waals surface area contributed by atoms with Crippen molar-refractivity contribution in [1.29, 1.82) is 0 Å². The highest BCUT2D eigenvalue weighted by molar-refractivity contribution is 5.76. The Bertz CT molecular complexity index is 982. The van der Waals surface area contributed by atoms with E-state index in [1.54, 1.807) is 6.08 Å². The summed E-state index contributed by atoms with van der Waals surface area (Å²) in [4.78, 5) is 24.5. The molecular formula is C57H109NO5. The lowest BCUT2D eigenvalue weighted by atomic mass is 10.0. The third-order valence-electron chi connectivity index (χ3n) is 13.0. The predicted molar refractivity (Wildman–Crippen MR) is 273 cm³/mol. The molecule has 0 saturated heterocycles. The molecule has 0 aromatic heterocycles. The molecule has 0 aliphatic rings. The zero-order chi connectivity index (χ0) is 45.8. The van der Waals surface area contributed by atoms with Crippen LogP contribution >= 0.6 is 0 Å². The van der Waals surface area contributed by atoms with Crippen molar-refractivity contribution in [1.82, 2.24) is 5.32 Å². The third-order valence-corrected chi connectivity index (χ3v) is 13.0. The van der Waals surface area contributed by atoms with Gasteiger partial charge in [-0.1, -0.05) is 256 Å². The number of carbonyl (C=O) groups is 2. The Morgan fingerprint density at radius 3 is 1.13 bits per heavy atom. The molecule has 6 nitrogen and oxygen atoms in total. The lowest BCUT2D eigenvalue weighted by Crippen LogP contribution is -2.45. The first-order valence-corrected chi connectivity index (χ1v) is 28.1. The van der Waals surface area contributed by atoms with Gasteiger partial charge in [0.05, 0.1) is 25.4 Å². The number of aliphatic hydroxyl groups excluding tert-OH is 2. The molecule has 2 unspecified atom stereocenters. The molecule has 0 aromatic rings. The van der Waals surface area contributed by atoms with Gasteiger partial charge in [-0.05, 0) is 57.8 Å². The molecule has 0 radical (unpaired) electrons. The lowest BCUT2D eigenvalue weighted by Gasteiger charge is -2.20.